The number of hydrogen-bond donors (Lipinski definition) is 4. The normalized spacial score (nSPS) is 17.7. The fraction of sp³-hybridized carbons (Fsp3) is 0.400. The molecule has 66 heavy (non-hydrogen) atoms. The molecule has 0 spiro atoms. The Morgan fingerprint density at radius 3 is 2.24 bits per heavy atom. The number of benzene rings is 3. The van der Waals surface area contributed by atoms with Gasteiger partial charge in [0.1, 0.15) is 6.61 Å². The van der Waals surface area contributed by atoms with Gasteiger partial charge in [-0.15, -0.1) is 0 Å². The molecule has 4 N–H and O–H groups in total. The molecule has 2 amide bonds. The van der Waals surface area contributed by atoms with Crippen LogP contribution in [-0.2, 0) is 34.1 Å². The first kappa shape index (κ1) is 48.4. The van der Waals surface area contributed by atoms with Gasteiger partial charge >= 0.3 is 251 Å². The van der Waals surface area contributed by atoms with Gasteiger partial charge in [0, 0.05) is 12.5 Å². The molecule has 2 aliphatic rings. The summed E-state index contributed by atoms with van der Waals surface area (Å²) in [5.41, 5.74) is 6.26. The zero-order valence-electron chi connectivity index (χ0n) is 36.9. The Morgan fingerprint density at radius 2 is 1.58 bits per heavy atom. The Hall–Kier alpha value is -5.53. The van der Waals surface area contributed by atoms with Gasteiger partial charge < -0.3 is 10.1 Å². The Morgan fingerprint density at radius 1 is 0.909 bits per heavy atom. The van der Waals surface area contributed by atoms with Crippen LogP contribution in [0.4, 0.5) is 10.6 Å². The van der Waals surface area contributed by atoms with E-state index in [9.17, 15) is 24.6 Å². The van der Waals surface area contributed by atoms with Crippen molar-refractivity contribution in [3.8, 4) is 23.3 Å². The van der Waals surface area contributed by atoms with Gasteiger partial charge in [0.2, 0.25) is 0 Å². The van der Waals surface area contributed by atoms with Gasteiger partial charge in [0.15, 0.2) is 0 Å². The monoisotopic (exact) mass is 941 g/mol. The van der Waals surface area contributed by atoms with Crippen LogP contribution in [0.2, 0.25) is 0 Å². The molecule has 2 aromatic heterocycles. The van der Waals surface area contributed by atoms with E-state index in [-0.39, 0.29) is 81.6 Å². The van der Waals surface area contributed by atoms with Crippen molar-refractivity contribution in [2.24, 2.45) is 0 Å². The second kappa shape index (κ2) is 22.3. The average Bonchev–Trinajstić information content (AvgIpc) is 4.01. The van der Waals surface area contributed by atoms with Crippen LogP contribution in [0.1, 0.15) is 86.2 Å². The van der Waals surface area contributed by atoms with Gasteiger partial charge in [-0.25, -0.2) is 4.79 Å². The van der Waals surface area contributed by atoms with Crippen molar-refractivity contribution in [2.45, 2.75) is 89.9 Å². The molecule has 0 bridgehead atoms. The molecule has 21 heteroatoms. The van der Waals surface area contributed by atoms with E-state index < -0.39 is 47.1 Å². The molecule has 1 aliphatic carbocycles. The molecule has 19 nitrogen and oxygen atoms in total. The number of rotatable bonds is 21. The average molecular weight is 942 g/mol. The second-order valence-corrected chi connectivity index (χ2v) is 19.1. The molecule has 4 atom stereocenters. The quantitative estimate of drug-likeness (QED) is 0.0413. The van der Waals surface area contributed by atoms with E-state index in [2.05, 4.69) is 60.6 Å². The molecule has 0 saturated carbocycles. The summed E-state index contributed by atoms with van der Waals surface area (Å²) in [6, 6.07) is 27.0. The number of alkyl carbamates (subject to hydrolysis) is 1. The van der Waals surface area contributed by atoms with E-state index in [4.69, 9.17) is 32.8 Å². The molecule has 7 rings (SSSR count). The third-order valence-electron chi connectivity index (χ3n) is 10.9. The van der Waals surface area contributed by atoms with Crippen molar-refractivity contribution in [1.82, 2.24) is 29.5 Å². The van der Waals surface area contributed by atoms with Gasteiger partial charge in [-0.05, 0) is 39.9 Å². The zero-order chi connectivity index (χ0) is 46.8. The number of anilines is 1. The number of nitrogens with zero attached hydrogens (tertiary/aromatic N) is 7. The Labute approximate surface area is 384 Å². The fourth-order valence-electron chi connectivity index (χ4n) is 7.94. The van der Waals surface area contributed by atoms with Crippen LogP contribution in [0.3, 0.4) is 0 Å². The predicted octanol–water partition coefficient (Wildman–Crippen LogP) is 7.41. The third-order valence-corrected chi connectivity index (χ3v) is 14.2. The van der Waals surface area contributed by atoms with Crippen LogP contribution in [0.15, 0.2) is 85.5 Å². The summed E-state index contributed by atoms with van der Waals surface area (Å²) in [5, 5.41) is 23.7. The maximum atomic E-state index is 13.5. The number of hydrogen-bond acceptors (Lipinski definition) is 16. The Kier molecular flexibility index (Phi) is 16.4. The Bertz CT molecular complexity index is 2500. The number of carbonyl (C=O) groups is 2. The number of nitriles is 2. The minimum atomic E-state index is -4.64. The van der Waals surface area contributed by atoms with Crippen LogP contribution in [0, 0.1) is 22.7 Å². The number of ether oxygens (including phenoxy) is 2. The van der Waals surface area contributed by atoms with Crippen LogP contribution >= 0.6 is 16.7 Å². The van der Waals surface area contributed by atoms with Crippen LogP contribution in [0.5, 0.6) is 0 Å². The number of nitrogens with one attached hydrogen (secondary N) is 2. The number of amides is 2. The SMILES string of the molecule is CC(C)N(C(C)C)P(OCCC#N)OC1CC(n2cnc3c(NC(=O)c4ccc(CNC(=O)OCC5c6ccccc6-c6ccccc65)cc4)ncnc32)O[C@@H]1CO[PH](O)(O)OCCC#N. The van der Waals surface area contributed by atoms with E-state index in [1.807, 2.05) is 58.0 Å². The molecule has 3 heterocycles. The summed E-state index contributed by atoms with van der Waals surface area (Å²) in [7, 11) is -6.38. The summed E-state index contributed by atoms with van der Waals surface area (Å²) >= 11 is 0. The number of carbonyl (C=O) groups excluding carboxylic acids is 2. The second-order valence-electron chi connectivity index (χ2n) is 16.0. The van der Waals surface area contributed by atoms with Crippen molar-refractivity contribution in [3.05, 3.63) is 108 Å². The van der Waals surface area contributed by atoms with Crippen LogP contribution < -0.4 is 10.6 Å². The molecule has 5 aromatic rings. The van der Waals surface area contributed by atoms with Gasteiger partial charge in [-0.2, -0.15) is 0 Å². The molecule has 348 valence electrons. The summed E-state index contributed by atoms with van der Waals surface area (Å²) in [6.07, 6.45) is 0.209. The first-order valence-electron chi connectivity index (χ1n) is 21.5. The summed E-state index contributed by atoms with van der Waals surface area (Å²) < 4.78 is 39.2. The van der Waals surface area contributed by atoms with E-state index in [0.29, 0.717) is 11.2 Å². The van der Waals surface area contributed by atoms with E-state index >= 15 is 0 Å². The van der Waals surface area contributed by atoms with Crippen molar-refractivity contribution in [3.63, 3.8) is 0 Å². The Balaban J connectivity index is 0.993. The van der Waals surface area contributed by atoms with E-state index in [0.717, 1.165) is 27.8 Å². The van der Waals surface area contributed by atoms with Gasteiger partial charge in [0.05, 0.1) is 0 Å². The van der Waals surface area contributed by atoms with Crippen LogP contribution in [0.25, 0.3) is 22.3 Å². The molecule has 3 unspecified atom stereocenters. The molecule has 0 radical (unpaired) electrons. The van der Waals surface area contributed by atoms with Gasteiger partial charge in [-0.3, -0.25) is 0 Å². The first-order valence-corrected chi connectivity index (χ1v) is 24.4. The van der Waals surface area contributed by atoms with Gasteiger partial charge in [-0.1, -0.05) is 60.7 Å². The van der Waals surface area contributed by atoms with Crippen molar-refractivity contribution in [1.29, 1.82) is 10.5 Å². The third kappa shape index (κ3) is 11.7. The summed E-state index contributed by atoms with van der Waals surface area (Å²) in [4.78, 5) is 60.5. The molecular formula is C45H53N9O10P2. The fourth-order valence-corrected chi connectivity index (χ4v) is 10.5. The van der Waals surface area contributed by atoms with Gasteiger partial charge in [0.25, 0.3) is 0 Å². The predicted molar refractivity (Wildman–Crippen MR) is 245 cm³/mol. The number of fused-ring (bicyclic) bond motifs is 4. The molecule has 1 saturated heterocycles. The zero-order valence-corrected chi connectivity index (χ0v) is 38.8. The molecule has 3 aromatic carbocycles. The van der Waals surface area contributed by atoms with Crippen molar-refractivity contribution < 1.29 is 46.9 Å². The van der Waals surface area contributed by atoms with E-state index in [1.54, 1.807) is 28.8 Å². The number of imidazole rings is 1. The van der Waals surface area contributed by atoms with Crippen molar-refractivity contribution >= 4 is 45.7 Å². The van der Waals surface area contributed by atoms with Crippen molar-refractivity contribution in [2.75, 3.05) is 31.7 Å². The molecule has 1 aliphatic heterocycles. The first-order chi connectivity index (χ1) is 31.9. The molecular weight excluding hydrogens is 888 g/mol. The summed E-state index contributed by atoms with van der Waals surface area (Å²) in [6.45, 7) is 7.98. The van der Waals surface area contributed by atoms with Crippen LogP contribution in [-0.4, -0.2) is 96.7 Å². The van der Waals surface area contributed by atoms with E-state index in [1.165, 1.54) is 12.7 Å². The minimum absolute atomic E-state index is 0.00843. The summed E-state index contributed by atoms with van der Waals surface area (Å²) in [5.74, 6) is -0.357. The molecule has 1 fully saturated rings. The topological polar surface area (TPSA) is 248 Å². The standard InChI is InChI=1S/C45H53N9O10P2/c1-29(2)54(30(3)4)65(60-21-9-19-46)64-38-23-40(63-39(38)26-62-66(57,58)61-22-10-20-47)53-28-51-41-42(49-27-50-43(41)53)52-44(55)32-17-15-31(16-18-32)24-48-45(56)59-25-37-35-13-7-5-11-33(35)34-12-6-8-14-36(34)37/h5-8,11-18,27-30,37-40,57-58,66H,9-10,21-26H2,1-4H3,(H,48,56)(H,49,50,52,55)/t38?,39-,40?,65?/m1/s1. The number of aromatic nitrogens is 4. The maximum absolute atomic E-state index is 13.5.